The third-order valence-electron chi connectivity index (χ3n) is 4.17. The molecule has 1 amide bonds. The number of hydrogen-bond donors (Lipinski definition) is 0. The quantitative estimate of drug-likeness (QED) is 0.543. The number of pyridine rings is 1. The highest BCUT2D eigenvalue weighted by atomic mass is 32.2. The van der Waals surface area contributed by atoms with Crippen LogP contribution in [0.3, 0.4) is 0 Å². The lowest BCUT2D eigenvalue weighted by atomic mass is 9.89. The Morgan fingerprint density at radius 3 is 2.21 bits per heavy atom. The van der Waals surface area contributed by atoms with Gasteiger partial charge in [-0.2, -0.15) is 21.6 Å². The first-order valence-corrected chi connectivity index (χ1v) is 10.1. The molecule has 158 valence electrons. The molecule has 0 aromatic carbocycles. The highest BCUT2D eigenvalue weighted by Gasteiger charge is 2.48. The lowest BCUT2D eigenvalue weighted by molar-refractivity contribution is -0.0501. The summed E-state index contributed by atoms with van der Waals surface area (Å²) < 4.78 is 68.8. The van der Waals surface area contributed by atoms with Gasteiger partial charge >= 0.3 is 21.7 Å². The number of nitrogens with zero attached hydrogens (tertiary/aromatic N) is 2. The summed E-state index contributed by atoms with van der Waals surface area (Å²) in [4.78, 5) is 17.6. The number of ether oxygens (including phenoxy) is 1. The van der Waals surface area contributed by atoms with Gasteiger partial charge in [0.05, 0.1) is 0 Å². The first kappa shape index (κ1) is 22.3. The Balaban J connectivity index is 2.03. The molecular weight excluding hydrogens is 401 g/mol. The maximum atomic E-state index is 12.4. The average Bonchev–Trinajstić information content (AvgIpc) is 2.52. The Labute approximate surface area is 162 Å². The third kappa shape index (κ3) is 5.49. The van der Waals surface area contributed by atoms with E-state index in [2.05, 4.69) is 9.17 Å². The van der Waals surface area contributed by atoms with E-state index in [9.17, 15) is 26.4 Å². The van der Waals surface area contributed by atoms with Crippen molar-refractivity contribution in [3.63, 3.8) is 0 Å². The van der Waals surface area contributed by atoms with Gasteiger partial charge in [-0.15, -0.1) is 0 Å². The Morgan fingerprint density at radius 1 is 1.18 bits per heavy atom. The number of aryl methyl sites for hydroxylation is 1. The number of amides is 1. The Bertz CT molecular complexity index is 826. The van der Waals surface area contributed by atoms with Gasteiger partial charge in [-0.25, -0.2) is 9.78 Å². The fourth-order valence-electron chi connectivity index (χ4n) is 2.89. The minimum Gasteiger partial charge on any atom is -0.444 e. The number of piperidine rings is 1. The van der Waals surface area contributed by atoms with Gasteiger partial charge < -0.3 is 13.8 Å². The smallest absolute Gasteiger partial charge is 0.444 e. The monoisotopic (exact) mass is 424 g/mol. The van der Waals surface area contributed by atoms with Gasteiger partial charge in [0, 0.05) is 24.8 Å². The van der Waals surface area contributed by atoms with Crippen LogP contribution in [-0.4, -0.2) is 48.6 Å². The van der Waals surface area contributed by atoms with Crippen molar-refractivity contribution in [2.45, 2.75) is 57.6 Å². The third-order valence-corrected chi connectivity index (χ3v) is 5.12. The topological polar surface area (TPSA) is 85.8 Å². The maximum Gasteiger partial charge on any atom is 0.534 e. The molecule has 1 fully saturated rings. The predicted molar refractivity (Wildman–Crippen MR) is 94.4 cm³/mol. The Morgan fingerprint density at radius 2 is 1.75 bits per heavy atom. The molecule has 1 aliphatic rings. The van der Waals surface area contributed by atoms with E-state index in [0.29, 0.717) is 31.6 Å². The molecule has 1 aromatic rings. The summed E-state index contributed by atoms with van der Waals surface area (Å²) in [6.45, 7) is 7.88. The largest absolute Gasteiger partial charge is 0.534 e. The molecule has 0 atom stereocenters. The second kappa shape index (κ2) is 7.76. The van der Waals surface area contributed by atoms with Crippen LogP contribution in [0.4, 0.5) is 18.0 Å². The van der Waals surface area contributed by atoms with Crippen LogP contribution in [0.15, 0.2) is 12.1 Å². The molecule has 0 spiro atoms. The van der Waals surface area contributed by atoms with Gasteiger partial charge in [-0.1, -0.05) is 6.07 Å². The number of halogens is 3. The van der Waals surface area contributed by atoms with E-state index in [1.54, 1.807) is 32.6 Å². The summed E-state index contributed by atoms with van der Waals surface area (Å²) in [5, 5.41) is 0. The van der Waals surface area contributed by atoms with Crippen LogP contribution < -0.4 is 4.18 Å². The lowest BCUT2D eigenvalue weighted by Gasteiger charge is -2.34. The summed E-state index contributed by atoms with van der Waals surface area (Å²) in [6.07, 6.45) is 0.868. The first-order chi connectivity index (χ1) is 12.7. The van der Waals surface area contributed by atoms with Crippen molar-refractivity contribution in [3.8, 4) is 5.88 Å². The van der Waals surface area contributed by atoms with Gasteiger partial charge in [0.15, 0.2) is 0 Å². The zero-order chi connectivity index (χ0) is 21.3. The molecule has 2 heterocycles. The van der Waals surface area contributed by atoms with E-state index in [0.717, 1.165) is 11.6 Å². The molecule has 0 unspecified atom stereocenters. The van der Waals surface area contributed by atoms with Crippen molar-refractivity contribution in [1.29, 1.82) is 0 Å². The van der Waals surface area contributed by atoms with Crippen molar-refractivity contribution >= 4 is 16.2 Å². The SMILES string of the molecule is Cc1nc(OS(=O)(=O)C(F)(F)F)ccc1C1CCN(C(=O)OC(C)(C)C)CC1. The number of carbonyl (C=O) groups excluding carboxylic acids is 1. The molecule has 0 saturated carbocycles. The predicted octanol–water partition coefficient (Wildman–Crippen LogP) is 3.73. The normalized spacial score (nSPS) is 16.8. The number of carbonyl (C=O) groups is 1. The molecule has 7 nitrogen and oxygen atoms in total. The van der Waals surface area contributed by atoms with Crippen LogP contribution in [-0.2, 0) is 14.9 Å². The van der Waals surface area contributed by atoms with Crippen molar-refractivity contribution in [2.75, 3.05) is 13.1 Å². The molecular formula is C17H23F3N2O5S. The van der Waals surface area contributed by atoms with Gasteiger partial charge in [-0.05, 0) is 52.0 Å². The van der Waals surface area contributed by atoms with E-state index < -0.39 is 27.1 Å². The van der Waals surface area contributed by atoms with Crippen molar-refractivity contribution in [3.05, 3.63) is 23.4 Å². The summed E-state index contributed by atoms with van der Waals surface area (Å²) in [5.41, 5.74) is -4.94. The Kier molecular flexibility index (Phi) is 6.17. The van der Waals surface area contributed by atoms with Crippen LogP contribution >= 0.6 is 0 Å². The minimum atomic E-state index is -5.76. The number of rotatable bonds is 3. The zero-order valence-electron chi connectivity index (χ0n) is 16.0. The fourth-order valence-corrected chi connectivity index (χ4v) is 3.30. The molecule has 0 aliphatic carbocycles. The zero-order valence-corrected chi connectivity index (χ0v) is 16.9. The summed E-state index contributed by atoms with van der Waals surface area (Å²) in [5.74, 6) is -0.593. The minimum absolute atomic E-state index is 0.0412. The van der Waals surface area contributed by atoms with Crippen LogP contribution in [0.1, 0.15) is 50.8 Å². The lowest BCUT2D eigenvalue weighted by Crippen LogP contribution is -2.41. The molecule has 1 aromatic heterocycles. The van der Waals surface area contributed by atoms with E-state index in [-0.39, 0.29) is 12.0 Å². The molecule has 0 bridgehead atoms. The van der Waals surface area contributed by atoms with Crippen LogP contribution in [0, 0.1) is 6.92 Å². The summed E-state index contributed by atoms with van der Waals surface area (Å²) >= 11 is 0. The first-order valence-electron chi connectivity index (χ1n) is 8.66. The maximum absolute atomic E-state index is 12.4. The second-order valence-electron chi connectivity index (χ2n) is 7.55. The van der Waals surface area contributed by atoms with Gasteiger partial charge in [0.25, 0.3) is 0 Å². The second-order valence-corrected chi connectivity index (χ2v) is 9.09. The molecule has 11 heteroatoms. The van der Waals surface area contributed by atoms with Crippen molar-refractivity contribution in [2.24, 2.45) is 0 Å². The molecule has 1 saturated heterocycles. The van der Waals surface area contributed by atoms with Gasteiger partial charge in [-0.3, -0.25) is 0 Å². The highest BCUT2D eigenvalue weighted by molar-refractivity contribution is 7.87. The van der Waals surface area contributed by atoms with E-state index >= 15 is 0 Å². The molecule has 28 heavy (non-hydrogen) atoms. The van der Waals surface area contributed by atoms with Crippen LogP contribution in [0.25, 0.3) is 0 Å². The molecule has 1 aliphatic heterocycles. The standard InChI is InChI=1S/C17H23F3N2O5S/c1-11-13(5-6-14(21-11)27-28(24,25)17(18,19)20)12-7-9-22(10-8-12)15(23)26-16(2,3)4/h5-6,12H,7-10H2,1-4H3. The average molecular weight is 424 g/mol. The highest BCUT2D eigenvalue weighted by Crippen LogP contribution is 2.32. The van der Waals surface area contributed by atoms with E-state index in [1.165, 1.54) is 6.07 Å². The van der Waals surface area contributed by atoms with Gasteiger partial charge in [0.2, 0.25) is 5.88 Å². The molecule has 2 rings (SSSR count). The fraction of sp³-hybridized carbons (Fsp3) is 0.647. The number of aromatic nitrogens is 1. The number of likely N-dealkylation sites (tertiary alicyclic amines) is 1. The van der Waals surface area contributed by atoms with Crippen LogP contribution in [0.2, 0.25) is 0 Å². The number of hydrogen-bond acceptors (Lipinski definition) is 6. The van der Waals surface area contributed by atoms with Gasteiger partial charge in [0.1, 0.15) is 5.60 Å². The van der Waals surface area contributed by atoms with Crippen LogP contribution in [0.5, 0.6) is 5.88 Å². The molecule has 0 N–H and O–H groups in total. The van der Waals surface area contributed by atoms with E-state index in [1.807, 2.05) is 0 Å². The molecule has 0 radical (unpaired) electrons. The van der Waals surface area contributed by atoms with Crippen molar-refractivity contribution < 1.29 is 35.3 Å². The van der Waals surface area contributed by atoms with E-state index in [4.69, 9.17) is 4.74 Å². The Hall–Kier alpha value is -2.04. The summed E-state index contributed by atoms with van der Waals surface area (Å²) in [6, 6.07) is 2.61. The summed E-state index contributed by atoms with van der Waals surface area (Å²) in [7, 11) is -5.76. The van der Waals surface area contributed by atoms with Crippen molar-refractivity contribution in [1.82, 2.24) is 9.88 Å². The number of alkyl halides is 3.